The van der Waals surface area contributed by atoms with Crippen LogP contribution in [0.3, 0.4) is 0 Å². The second kappa shape index (κ2) is 7.48. The molecule has 132 valence electrons. The van der Waals surface area contributed by atoms with Gasteiger partial charge in [-0.2, -0.15) is 0 Å². The van der Waals surface area contributed by atoms with Crippen LogP contribution in [0.2, 0.25) is 0 Å². The lowest BCUT2D eigenvalue weighted by Crippen LogP contribution is -2.62. The molecule has 2 aliphatic rings. The van der Waals surface area contributed by atoms with Crippen LogP contribution in [0.1, 0.15) is 23.2 Å². The first-order valence-electron chi connectivity index (χ1n) is 8.21. The van der Waals surface area contributed by atoms with Gasteiger partial charge in [0.05, 0.1) is 19.3 Å². The molecule has 0 radical (unpaired) electrons. The van der Waals surface area contributed by atoms with Crippen molar-refractivity contribution in [3.8, 4) is 0 Å². The highest BCUT2D eigenvalue weighted by molar-refractivity contribution is 5.98. The van der Waals surface area contributed by atoms with Crippen LogP contribution in [-0.4, -0.2) is 59.1 Å². The van der Waals surface area contributed by atoms with Crippen molar-refractivity contribution in [1.82, 2.24) is 10.2 Å². The maximum absolute atomic E-state index is 13.0. The van der Waals surface area contributed by atoms with Crippen molar-refractivity contribution in [2.24, 2.45) is 0 Å². The molecule has 25 heavy (non-hydrogen) atoms. The van der Waals surface area contributed by atoms with Crippen molar-refractivity contribution in [3.05, 3.63) is 48.0 Å². The summed E-state index contributed by atoms with van der Waals surface area (Å²) in [6.45, 7) is 0.250. The number of ether oxygens (including phenoxy) is 1. The van der Waals surface area contributed by atoms with Gasteiger partial charge < -0.3 is 20.1 Å². The van der Waals surface area contributed by atoms with Gasteiger partial charge in [-0.15, -0.1) is 0 Å². The molecule has 1 saturated heterocycles. The van der Waals surface area contributed by atoms with Crippen molar-refractivity contribution in [2.75, 3.05) is 13.2 Å². The summed E-state index contributed by atoms with van der Waals surface area (Å²) in [5, 5.41) is 12.2. The molecule has 2 heterocycles. The number of carbonyl (C=O) groups excluding carboxylic acids is 2. The van der Waals surface area contributed by atoms with E-state index in [4.69, 9.17) is 4.74 Å². The second-order valence-electron chi connectivity index (χ2n) is 6.13. The fourth-order valence-corrected chi connectivity index (χ4v) is 3.15. The maximum atomic E-state index is 13.0. The summed E-state index contributed by atoms with van der Waals surface area (Å²) in [5.41, 5.74) is 0.453. The molecule has 0 bridgehead atoms. The van der Waals surface area contributed by atoms with Gasteiger partial charge in [-0.25, -0.2) is 4.79 Å². The third kappa shape index (κ3) is 3.71. The molecule has 0 spiro atoms. The zero-order valence-corrected chi connectivity index (χ0v) is 13.6. The Bertz CT molecular complexity index is 688. The zero-order chi connectivity index (χ0) is 17.8. The molecule has 1 aromatic rings. The summed E-state index contributed by atoms with van der Waals surface area (Å²) < 4.78 is 5.35. The van der Waals surface area contributed by atoms with Crippen LogP contribution >= 0.6 is 0 Å². The van der Waals surface area contributed by atoms with E-state index in [9.17, 15) is 19.5 Å². The van der Waals surface area contributed by atoms with Crippen LogP contribution < -0.4 is 5.32 Å². The number of morpholine rings is 1. The summed E-state index contributed by atoms with van der Waals surface area (Å²) in [4.78, 5) is 38.2. The Balaban J connectivity index is 1.82. The van der Waals surface area contributed by atoms with Crippen molar-refractivity contribution >= 4 is 17.8 Å². The van der Waals surface area contributed by atoms with Crippen molar-refractivity contribution < 1.29 is 24.2 Å². The number of carbonyl (C=O) groups is 3. The smallest absolute Gasteiger partial charge is 0.328 e. The van der Waals surface area contributed by atoms with E-state index in [1.165, 1.54) is 4.90 Å². The van der Waals surface area contributed by atoms with E-state index >= 15 is 0 Å². The number of aliphatic carboxylic acids is 1. The second-order valence-corrected chi connectivity index (χ2v) is 6.13. The number of hydrogen-bond acceptors (Lipinski definition) is 4. The molecule has 1 fully saturated rings. The molecule has 0 unspecified atom stereocenters. The van der Waals surface area contributed by atoms with E-state index in [1.807, 2.05) is 12.2 Å². The highest BCUT2D eigenvalue weighted by Gasteiger charge is 2.41. The highest BCUT2D eigenvalue weighted by atomic mass is 16.5. The lowest BCUT2D eigenvalue weighted by atomic mass is 10.00. The van der Waals surface area contributed by atoms with Gasteiger partial charge >= 0.3 is 5.97 Å². The van der Waals surface area contributed by atoms with Gasteiger partial charge in [0, 0.05) is 5.56 Å². The predicted molar refractivity (Wildman–Crippen MR) is 88.9 cm³/mol. The Hall–Kier alpha value is -2.67. The van der Waals surface area contributed by atoms with Crippen LogP contribution in [0.5, 0.6) is 0 Å². The van der Waals surface area contributed by atoms with E-state index in [-0.39, 0.29) is 24.5 Å². The van der Waals surface area contributed by atoms with Crippen molar-refractivity contribution in [2.45, 2.75) is 31.0 Å². The molecule has 0 saturated carbocycles. The molecule has 0 aromatic heterocycles. The summed E-state index contributed by atoms with van der Waals surface area (Å²) >= 11 is 0. The fraction of sp³-hybridized carbons (Fsp3) is 0.389. The number of hydrogen-bond donors (Lipinski definition) is 2. The van der Waals surface area contributed by atoms with Gasteiger partial charge in [0.25, 0.3) is 5.91 Å². The van der Waals surface area contributed by atoms with Gasteiger partial charge in [-0.3, -0.25) is 9.59 Å². The number of carboxylic acid groups (broad SMARTS) is 1. The quantitative estimate of drug-likeness (QED) is 0.792. The van der Waals surface area contributed by atoms with Gasteiger partial charge in [-0.05, 0) is 25.0 Å². The number of nitrogens with zero attached hydrogens (tertiary/aromatic N) is 1. The Labute approximate surface area is 145 Å². The molecule has 1 aromatic carbocycles. The summed E-state index contributed by atoms with van der Waals surface area (Å²) in [6, 6.07) is 6.44. The first-order chi connectivity index (χ1) is 12.1. The number of carboxylic acids is 1. The molecular formula is C18H20N2O5. The molecule has 2 aliphatic heterocycles. The average Bonchev–Trinajstić information content (AvgIpc) is 2.62. The van der Waals surface area contributed by atoms with E-state index in [2.05, 4.69) is 5.32 Å². The number of rotatable bonds is 3. The average molecular weight is 344 g/mol. The third-order valence-electron chi connectivity index (χ3n) is 4.44. The van der Waals surface area contributed by atoms with Gasteiger partial charge in [0.1, 0.15) is 6.04 Å². The fourth-order valence-electron chi connectivity index (χ4n) is 3.15. The minimum absolute atomic E-state index is 0.0410. The summed E-state index contributed by atoms with van der Waals surface area (Å²) in [6.07, 6.45) is 4.61. The van der Waals surface area contributed by atoms with Crippen LogP contribution in [0.15, 0.2) is 42.5 Å². The standard InChI is InChI=1S/C18H20N2O5/c21-16(12-6-2-1-3-7-12)19-14-9-5-4-8-13-10-25-11-15(18(23)24)20(13)17(14)22/h1-7,13-15H,8-11H2,(H,19,21)(H,23,24)/t13-,14-,15-/m0/s1. The molecule has 3 rings (SSSR count). The molecule has 7 nitrogen and oxygen atoms in total. The van der Waals surface area contributed by atoms with Gasteiger partial charge in [0.2, 0.25) is 5.91 Å². The number of amides is 2. The first kappa shape index (κ1) is 17.2. The Morgan fingerprint density at radius 2 is 1.84 bits per heavy atom. The van der Waals surface area contributed by atoms with E-state index in [0.29, 0.717) is 25.0 Å². The van der Waals surface area contributed by atoms with Crippen molar-refractivity contribution in [3.63, 3.8) is 0 Å². The Morgan fingerprint density at radius 1 is 1.12 bits per heavy atom. The first-order valence-corrected chi connectivity index (χ1v) is 8.21. The number of benzene rings is 1. The Kier molecular flexibility index (Phi) is 5.14. The topological polar surface area (TPSA) is 95.9 Å². The summed E-state index contributed by atoms with van der Waals surface area (Å²) in [7, 11) is 0. The third-order valence-corrected chi connectivity index (χ3v) is 4.44. The molecule has 3 atom stereocenters. The lowest BCUT2D eigenvalue weighted by molar-refractivity contribution is -0.164. The largest absolute Gasteiger partial charge is 0.480 e. The SMILES string of the molecule is O=C(N[C@H]1CC=CC[C@H]2COC[C@@H](C(=O)O)N2C1=O)c1ccccc1. The molecule has 2 N–H and O–H groups in total. The van der Waals surface area contributed by atoms with Gasteiger partial charge in [0.15, 0.2) is 6.04 Å². The Morgan fingerprint density at radius 3 is 2.56 bits per heavy atom. The summed E-state index contributed by atoms with van der Waals surface area (Å²) in [5.74, 6) is -1.84. The number of fused-ring (bicyclic) bond motifs is 1. The van der Waals surface area contributed by atoms with Crippen LogP contribution in [0, 0.1) is 0 Å². The van der Waals surface area contributed by atoms with Crippen molar-refractivity contribution in [1.29, 1.82) is 0 Å². The monoisotopic (exact) mass is 344 g/mol. The normalized spacial score (nSPS) is 26.3. The maximum Gasteiger partial charge on any atom is 0.328 e. The molecular weight excluding hydrogens is 324 g/mol. The molecule has 2 amide bonds. The highest BCUT2D eigenvalue weighted by Crippen LogP contribution is 2.21. The molecule has 7 heteroatoms. The zero-order valence-electron chi connectivity index (χ0n) is 13.6. The van der Waals surface area contributed by atoms with Crippen LogP contribution in [-0.2, 0) is 14.3 Å². The van der Waals surface area contributed by atoms with E-state index in [0.717, 1.165) is 0 Å². The lowest BCUT2D eigenvalue weighted by Gasteiger charge is -2.42. The minimum Gasteiger partial charge on any atom is -0.480 e. The minimum atomic E-state index is -1.10. The predicted octanol–water partition coefficient (Wildman–Crippen LogP) is 0.816. The van der Waals surface area contributed by atoms with Crippen LogP contribution in [0.25, 0.3) is 0 Å². The van der Waals surface area contributed by atoms with E-state index in [1.54, 1.807) is 30.3 Å². The van der Waals surface area contributed by atoms with E-state index < -0.39 is 18.1 Å². The van der Waals surface area contributed by atoms with Gasteiger partial charge in [-0.1, -0.05) is 30.4 Å². The number of nitrogens with one attached hydrogen (secondary N) is 1. The van der Waals surface area contributed by atoms with Crippen LogP contribution in [0.4, 0.5) is 0 Å². The molecule has 0 aliphatic carbocycles.